The quantitative estimate of drug-likeness (QED) is 0.597. The highest BCUT2D eigenvalue weighted by molar-refractivity contribution is 7.80. The number of rotatable bonds is 7. The molecule has 1 atom stereocenters. The third-order valence-electron chi connectivity index (χ3n) is 3.19. The van der Waals surface area contributed by atoms with Gasteiger partial charge in [-0.25, -0.2) is 0 Å². The van der Waals surface area contributed by atoms with E-state index in [0.29, 0.717) is 0 Å². The molecule has 2 aromatic carbocycles. The topological polar surface area (TPSA) is 35.2 Å². The molecule has 0 heterocycles. The van der Waals surface area contributed by atoms with E-state index in [1.165, 1.54) is 10.8 Å². The maximum atomic E-state index is 5.81. The summed E-state index contributed by atoms with van der Waals surface area (Å²) in [6.07, 6.45) is 3.15. The molecule has 0 fully saturated rings. The Bertz CT molecular complexity index is 521. The molecule has 1 unspecified atom stereocenters. The van der Waals surface area contributed by atoms with Gasteiger partial charge in [-0.15, -0.1) is 12.4 Å². The van der Waals surface area contributed by atoms with Crippen LogP contribution in [0.5, 0.6) is 5.75 Å². The third-order valence-corrected chi connectivity index (χ3v) is 3.66. The highest BCUT2D eigenvalue weighted by Gasteiger charge is 2.00. The fraction of sp³-hybridized carbons (Fsp3) is 0.375. The van der Waals surface area contributed by atoms with E-state index < -0.39 is 0 Å². The molecule has 4 heteroatoms. The average molecular weight is 312 g/mol. The second-order valence-corrected chi connectivity index (χ2v) is 5.16. The van der Waals surface area contributed by atoms with Crippen LogP contribution in [-0.2, 0) is 0 Å². The number of unbranched alkanes of at least 4 members (excludes halogenated alkanes) is 1. The SMILES string of the molecule is Cl.NC(CS)CCCCOc1ccc2ccccc2c1. The van der Waals surface area contributed by atoms with Crippen LogP contribution < -0.4 is 10.5 Å². The molecule has 0 bridgehead atoms. The molecule has 2 nitrogen and oxygen atoms in total. The Labute approximate surface area is 132 Å². The maximum absolute atomic E-state index is 5.81. The summed E-state index contributed by atoms with van der Waals surface area (Å²) >= 11 is 4.18. The van der Waals surface area contributed by atoms with Crippen molar-refractivity contribution in [3.05, 3.63) is 42.5 Å². The molecule has 0 amide bonds. The lowest BCUT2D eigenvalue weighted by molar-refractivity contribution is 0.304. The molecule has 0 saturated carbocycles. The second-order valence-electron chi connectivity index (χ2n) is 4.80. The van der Waals surface area contributed by atoms with Crippen molar-refractivity contribution < 1.29 is 4.74 Å². The smallest absolute Gasteiger partial charge is 0.119 e. The number of thiol groups is 1. The number of fused-ring (bicyclic) bond motifs is 1. The average Bonchev–Trinajstić information content (AvgIpc) is 2.46. The standard InChI is InChI=1S/C16H21NOS.ClH/c17-15(12-19)7-3-4-10-18-16-9-8-13-5-1-2-6-14(13)11-16;/h1-2,5-6,8-9,11,15,19H,3-4,7,10,12,17H2;1H. The molecular weight excluding hydrogens is 290 g/mol. The highest BCUT2D eigenvalue weighted by Crippen LogP contribution is 2.20. The predicted molar refractivity (Wildman–Crippen MR) is 92.4 cm³/mol. The Kier molecular flexibility index (Phi) is 7.82. The molecule has 2 N–H and O–H groups in total. The van der Waals surface area contributed by atoms with E-state index in [2.05, 4.69) is 36.9 Å². The Hall–Kier alpha value is -0.900. The van der Waals surface area contributed by atoms with Gasteiger partial charge in [-0.3, -0.25) is 0 Å². The number of benzene rings is 2. The number of halogens is 1. The first-order chi connectivity index (χ1) is 9.29. The number of hydrogen-bond donors (Lipinski definition) is 2. The van der Waals surface area contributed by atoms with Crippen LogP contribution in [-0.4, -0.2) is 18.4 Å². The molecule has 0 radical (unpaired) electrons. The van der Waals surface area contributed by atoms with Crippen molar-refractivity contribution in [2.45, 2.75) is 25.3 Å². The molecule has 0 spiro atoms. The molecule has 0 aromatic heterocycles. The van der Waals surface area contributed by atoms with Gasteiger partial charge in [0.1, 0.15) is 5.75 Å². The van der Waals surface area contributed by atoms with E-state index in [1.807, 2.05) is 18.2 Å². The van der Waals surface area contributed by atoms with Gasteiger partial charge in [0.2, 0.25) is 0 Å². The van der Waals surface area contributed by atoms with Gasteiger partial charge >= 0.3 is 0 Å². The zero-order chi connectivity index (χ0) is 13.5. The van der Waals surface area contributed by atoms with Crippen LogP contribution in [0.15, 0.2) is 42.5 Å². The summed E-state index contributed by atoms with van der Waals surface area (Å²) in [6, 6.07) is 14.7. The molecule has 0 aliphatic rings. The Morgan fingerprint density at radius 3 is 2.55 bits per heavy atom. The van der Waals surface area contributed by atoms with E-state index in [4.69, 9.17) is 10.5 Å². The van der Waals surface area contributed by atoms with Crippen LogP contribution in [0.2, 0.25) is 0 Å². The van der Waals surface area contributed by atoms with E-state index in [1.54, 1.807) is 0 Å². The Balaban J connectivity index is 0.00000200. The van der Waals surface area contributed by atoms with Gasteiger partial charge in [0, 0.05) is 11.8 Å². The molecule has 0 aliphatic carbocycles. The maximum Gasteiger partial charge on any atom is 0.119 e. The summed E-state index contributed by atoms with van der Waals surface area (Å²) in [7, 11) is 0. The largest absolute Gasteiger partial charge is 0.494 e. The van der Waals surface area contributed by atoms with Gasteiger partial charge < -0.3 is 10.5 Å². The summed E-state index contributed by atoms with van der Waals surface area (Å²) in [5.74, 6) is 1.70. The van der Waals surface area contributed by atoms with Crippen molar-refractivity contribution in [1.82, 2.24) is 0 Å². The van der Waals surface area contributed by atoms with Crippen molar-refractivity contribution in [3.8, 4) is 5.75 Å². The summed E-state index contributed by atoms with van der Waals surface area (Å²) in [4.78, 5) is 0. The lowest BCUT2D eigenvalue weighted by Gasteiger charge is -2.09. The van der Waals surface area contributed by atoms with Gasteiger partial charge in [0.25, 0.3) is 0 Å². The Morgan fingerprint density at radius 1 is 1.05 bits per heavy atom. The van der Waals surface area contributed by atoms with Crippen LogP contribution in [0.25, 0.3) is 10.8 Å². The summed E-state index contributed by atoms with van der Waals surface area (Å²) in [6.45, 7) is 0.748. The minimum atomic E-state index is 0. The fourth-order valence-electron chi connectivity index (χ4n) is 2.05. The van der Waals surface area contributed by atoms with E-state index in [9.17, 15) is 0 Å². The highest BCUT2D eigenvalue weighted by atomic mass is 35.5. The summed E-state index contributed by atoms with van der Waals surface area (Å²) in [5.41, 5.74) is 5.81. The van der Waals surface area contributed by atoms with Crippen molar-refractivity contribution in [2.75, 3.05) is 12.4 Å². The molecule has 0 saturated heterocycles. The molecule has 20 heavy (non-hydrogen) atoms. The van der Waals surface area contributed by atoms with Crippen molar-refractivity contribution in [2.24, 2.45) is 5.73 Å². The van der Waals surface area contributed by atoms with Gasteiger partial charge in [-0.1, -0.05) is 30.3 Å². The normalized spacial score (nSPS) is 11.9. The molecule has 2 rings (SSSR count). The van der Waals surface area contributed by atoms with Gasteiger partial charge in [-0.2, -0.15) is 12.6 Å². The number of hydrogen-bond acceptors (Lipinski definition) is 3. The molecule has 2 aromatic rings. The van der Waals surface area contributed by atoms with E-state index in [-0.39, 0.29) is 18.4 Å². The Morgan fingerprint density at radius 2 is 1.80 bits per heavy atom. The zero-order valence-electron chi connectivity index (χ0n) is 11.5. The minimum absolute atomic E-state index is 0. The van der Waals surface area contributed by atoms with Crippen LogP contribution in [0, 0.1) is 0 Å². The van der Waals surface area contributed by atoms with Crippen molar-refractivity contribution in [3.63, 3.8) is 0 Å². The van der Waals surface area contributed by atoms with Crippen LogP contribution in [0.4, 0.5) is 0 Å². The molecule has 110 valence electrons. The zero-order valence-corrected chi connectivity index (χ0v) is 13.2. The van der Waals surface area contributed by atoms with Gasteiger partial charge in [0.15, 0.2) is 0 Å². The van der Waals surface area contributed by atoms with Crippen LogP contribution in [0.3, 0.4) is 0 Å². The lowest BCUT2D eigenvalue weighted by atomic mass is 10.1. The first kappa shape index (κ1) is 17.2. The number of nitrogens with two attached hydrogens (primary N) is 1. The molecular formula is C16H22ClNOS. The predicted octanol–water partition coefficient (Wildman–Crippen LogP) is 4.07. The van der Waals surface area contributed by atoms with Crippen molar-refractivity contribution in [1.29, 1.82) is 0 Å². The van der Waals surface area contributed by atoms with E-state index in [0.717, 1.165) is 37.4 Å². The minimum Gasteiger partial charge on any atom is -0.494 e. The summed E-state index contributed by atoms with van der Waals surface area (Å²) < 4.78 is 5.77. The monoisotopic (exact) mass is 311 g/mol. The summed E-state index contributed by atoms with van der Waals surface area (Å²) in [5, 5.41) is 2.46. The second kappa shape index (κ2) is 9.11. The fourth-order valence-corrected chi connectivity index (χ4v) is 2.23. The van der Waals surface area contributed by atoms with Gasteiger partial charge in [0.05, 0.1) is 6.61 Å². The first-order valence-electron chi connectivity index (χ1n) is 6.77. The van der Waals surface area contributed by atoms with E-state index >= 15 is 0 Å². The van der Waals surface area contributed by atoms with Crippen LogP contribution in [0.1, 0.15) is 19.3 Å². The third kappa shape index (κ3) is 5.23. The van der Waals surface area contributed by atoms with Crippen LogP contribution >= 0.6 is 25.0 Å². The number of ether oxygens (including phenoxy) is 1. The lowest BCUT2D eigenvalue weighted by Crippen LogP contribution is -2.21. The first-order valence-corrected chi connectivity index (χ1v) is 7.41. The van der Waals surface area contributed by atoms with Crippen molar-refractivity contribution >= 4 is 35.8 Å². The van der Waals surface area contributed by atoms with Gasteiger partial charge in [-0.05, 0) is 42.2 Å². The molecule has 0 aliphatic heterocycles.